The molecule has 1 unspecified atom stereocenters. The lowest BCUT2D eigenvalue weighted by atomic mass is 10.00. The summed E-state index contributed by atoms with van der Waals surface area (Å²) in [5.41, 5.74) is 1.78. The van der Waals surface area contributed by atoms with Crippen molar-refractivity contribution in [3.8, 4) is 28.5 Å². The van der Waals surface area contributed by atoms with E-state index < -0.39 is 6.61 Å². The highest BCUT2D eigenvalue weighted by Crippen LogP contribution is 2.40. The molecule has 0 aliphatic heterocycles. The van der Waals surface area contributed by atoms with E-state index >= 15 is 0 Å². The van der Waals surface area contributed by atoms with Crippen LogP contribution in [0.1, 0.15) is 48.9 Å². The van der Waals surface area contributed by atoms with E-state index in [1.165, 1.54) is 13.2 Å². The van der Waals surface area contributed by atoms with Crippen LogP contribution in [0.4, 0.5) is 8.78 Å². The number of ketones is 2. The lowest BCUT2D eigenvalue weighted by Crippen LogP contribution is -2.11. The van der Waals surface area contributed by atoms with Crippen LogP contribution in [-0.4, -0.2) is 41.3 Å². The molecule has 184 valence electrons. The van der Waals surface area contributed by atoms with Gasteiger partial charge in [0.1, 0.15) is 34.2 Å². The van der Waals surface area contributed by atoms with Crippen molar-refractivity contribution in [2.75, 3.05) is 13.7 Å². The van der Waals surface area contributed by atoms with Gasteiger partial charge in [0.2, 0.25) is 0 Å². The number of pyridine rings is 1. The van der Waals surface area contributed by atoms with Crippen LogP contribution < -0.4 is 14.2 Å². The first-order chi connectivity index (χ1) is 16.9. The third-order valence-corrected chi connectivity index (χ3v) is 6.57. The Morgan fingerprint density at radius 3 is 2.66 bits per heavy atom. The summed E-state index contributed by atoms with van der Waals surface area (Å²) in [6.45, 7) is -2.61. The molecule has 0 radical (unpaired) electrons. The Balaban J connectivity index is 1.44. The second-order valence-corrected chi connectivity index (χ2v) is 9.19. The van der Waals surface area contributed by atoms with Crippen LogP contribution in [-0.2, 0) is 4.79 Å². The maximum absolute atomic E-state index is 13.2. The van der Waals surface area contributed by atoms with Gasteiger partial charge >= 0.3 is 6.61 Å². The number of hydrogen-bond acceptors (Lipinski definition) is 6. The molecule has 0 spiro atoms. The molecule has 1 atom stereocenters. The van der Waals surface area contributed by atoms with Crippen LogP contribution in [0.2, 0.25) is 0 Å². The first-order valence-corrected chi connectivity index (χ1v) is 11.7. The SMILES string of the molecule is COc1cc(-c2cnc3cc(OCC4CCC(=O)C4)ccn23)cc(OC(F)F)c1C(=O)CC1CC1. The quantitative estimate of drug-likeness (QED) is 0.362. The van der Waals surface area contributed by atoms with E-state index in [4.69, 9.17) is 14.2 Å². The van der Waals surface area contributed by atoms with Crippen molar-refractivity contribution in [2.45, 2.75) is 45.1 Å². The first kappa shape index (κ1) is 23.3. The van der Waals surface area contributed by atoms with E-state index in [-0.39, 0.29) is 46.9 Å². The van der Waals surface area contributed by atoms with E-state index in [0.717, 1.165) is 19.3 Å². The van der Waals surface area contributed by atoms with Crippen LogP contribution in [0.25, 0.3) is 16.9 Å². The number of imidazole rings is 1. The Morgan fingerprint density at radius 2 is 1.97 bits per heavy atom. The molecule has 3 aromatic rings. The number of benzene rings is 1. The molecular formula is C26H26F2N2O5. The Hall–Kier alpha value is -3.49. The number of fused-ring (bicyclic) bond motifs is 1. The van der Waals surface area contributed by atoms with Gasteiger partial charge < -0.3 is 14.2 Å². The van der Waals surface area contributed by atoms with Gasteiger partial charge in [0.15, 0.2) is 5.78 Å². The van der Waals surface area contributed by atoms with E-state index in [1.807, 2.05) is 0 Å². The minimum absolute atomic E-state index is 0.0401. The predicted molar refractivity (Wildman–Crippen MR) is 123 cm³/mol. The predicted octanol–water partition coefficient (Wildman–Crippen LogP) is 5.34. The summed E-state index contributed by atoms with van der Waals surface area (Å²) >= 11 is 0. The van der Waals surface area contributed by atoms with Crippen LogP contribution in [0, 0.1) is 11.8 Å². The summed E-state index contributed by atoms with van der Waals surface area (Å²) in [6, 6.07) is 6.64. The highest BCUT2D eigenvalue weighted by Gasteiger charge is 2.30. The molecule has 0 N–H and O–H groups in total. The first-order valence-electron chi connectivity index (χ1n) is 11.7. The molecule has 1 aromatic carbocycles. The zero-order valence-electron chi connectivity index (χ0n) is 19.3. The lowest BCUT2D eigenvalue weighted by Gasteiger charge is -2.16. The molecule has 2 aliphatic carbocycles. The van der Waals surface area contributed by atoms with E-state index in [9.17, 15) is 18.4 Å². The van der Waals surface area contributed by atoms with Crippen LogP contribution in [0.3, 0.4) is 0 Å². The molecule has 9 heteroatoms. The molecule has 0 bridgehead atoms. The van der Waals surface area contributed by atoms with Crippen LogP contribution in [0.5, 0.6) is 17.2 Å². The summed E-state index contributed by atoms with van der Waals surface area (Å²) in [7, 11) is 1.40. The Bertz CT molecular complexity index is 1270. The highest BCUT2D eigenvalue weighted by molar-refractivity contribution is 6.02. The molecule has 0 amide bonds. The van der Waals surface area contributed by atoms with Crippen LogP contribution >= 0.6 is 0 Å². The maximum Gasteiger partial charge on any atom is 0.387 e. The van der Waals surface area contributed by atoms with Gasteiger partial charge in [-0.1, -0.05) is 0 Å². The van der Waals surface area contributed by atoms with Crippen LogP contribution in [0.15, 0.2) is 36.7 Å². The number of Topliss-reactive ketones (excluding diaryl/α,β-unsaturated/α-hetero) is 2. The fourth-order valence-electron chi connectivity index (χ4n) is 4.56. The molecule has 2 saturated carbocycles. The average molecular weight is 484 g/mol. The standard InChI is InChI=1S/C26H26F2N2O5/c1-33-22-10-17(11-23(35-26(27)28)25(22)21(32)9-15-2-3-15)20-13-29-24-12-19(6-7-30(20)24)34-14-16-4-5-18(31)8-16/h6-7,10-13,15-16,26H,2-5,8-9,14H2,1H3. The minimum atomic E-state index is -3.08. The monoisotopic (exact) mass is 484 g/mol. The largest absolute Gasteiger partial charge is 0.496 e. The number of rotatable bonds is 10. The molecule has 2 aliphatic rings. The van der Waals surface area contributed by atoms with Crippen molar-refractivity contribution < 1.29 is 32.6 Å². The number of hydrogen-bond donors (Lipinski definition) is 0. The molecule has 35 heavy (non-hydrogen) atoms. The number of halogens is 2. The number of alkyl halides is 2. The smallest absolute Gasteiger partial charge is 0.387 e. The van der Waals surface area contributed by atoms with Gasteiger partial charge in [0.05, 0.1) is 25.6 Å². The lowest BCUT2D eigenvalue weighted by molar-refractivity contribution is -0.117. The van der Waals surface area contributed by atoms with Crippen molar-refractivity contribution in [3.05, 3.63) is 42.2 Å². The number of ether oxygens (including phenoxy) is 3. The van der Waals surface area contributed by atoms with Gasteiger partial charge in [-0.15, -0.1) is 0 Å². The van der Waals surface area contributed by atoms with Gasteiger partial charge in [-0.2, -0.15) is 8.78 Å². The number of nitrogens with zero attached hydrogens (tertiary/aromatic N) is 2. The van der Waals surface area contributed by atoms with Crippen molar-refractivity contribution in [1.82, 2.24) is 9.38 Å². The summed E-state index contributed by atoms with van der Waals surface area (Å²) in [4.78, 5) is 28.7. The van der Waals surface area contributed by atoms with Crippen molar-refractivity contribution in [2.24, 2.45) is 11.8 Å². The number of carbonyl (C=O) groups excluding carboxylic acids is 2. The van der Waals surface area contributed by atoms with Gasteiger partial charge in [-0.3, -0.25) is 14.0 Å². The fourth-order valence-corrected chi connectivity index (χ4v) is 4.56. The molecule has 2 heterocycles. The van der Waals surface area contributed by atoms with Gasteiger partial charge in [0.25, 0.3) is 0 Å². The normalized spacial score (nSPS) is 17.8. The van der Waals surface area contributed by atoms with E-state index in [1.54, 1.807) is 35.0 Å². The third kappa shape index (κ3) is 5.13. The Labute approximate surface area is 201 Å². The van der Waals surface area contributed by atoms with Gasteiger partial charge in [-0.25, -0.2) is 4.98 Å². The Kier molecular flexibility index (Phi) is 6.40. The summed E-state index contributed by atoms with van der Waals surface area (Å²) in [6.07, 6.45) is 7.61. The molecule has 2 aromatic heterocycles. The third-order valence-electron chi connectivity index (χ3n) is 6.57. The average Bonchev–Trinajstić information content (AvgIpc) is 3.38. The number of carbonyl (C=O) groups is 2. The van der Waals surface area contributed by atoms with Crippen molar-refractivity contribution in [3.63, 3.8) is 0 Å². The summed E-state index contributed by atoms with van der Waals surface area (Å²) in [5, 5.41) is 0. The molecule has 2 fully saturated rings. The minimum Gasteiger partial charge on any atom is -0.496 e. The molecular weight excluding hydrogens is 458 g/mol. The fraction of sp³-hybridized carbons (Fsp3) is 0.423. The highest BCUT2D eigenvalue weighted by atomic mass is 19.3. The zero-order chi connectivity index (χ0) is 24.5. The van der Waals surface area contributed by atoms with Gasteiger partial charge in [-0.05, 0) is 43.4 Å². The zero-order valence-corrected chi connectivity index (χ0v) is 19.3. The number of methoxy groups -OCH3 is 1. The van der Waals surface area contributed by atoms with Crippen molar-refractivity contribution in [1.29, 1.82) is 0 Å². The van der Waals surface area contributed by atoms with Crippen molar-refractivity contribution >= 4 is 17.2 Å². The molecule has 0 saturated heterocycles. The number of aromatic nitrogens is 2. The topological polar surface area (TPSA) is 79.1 Å². The summed E-state index contributed by atoms with van der Waals surface area (Å²) < 4.78 is 44.3. The van der Waals surface area contributed by atoms with E-state index in [0.29, 0.717) is 42.1 Å². The van der Waals surface area contributed by atoms with E-state index in [2.05, 4.69) is 4.98 Å². The second kappa shape index (κ2) is 9.64. The summed E-state index contributed by atoms with van der Waals surface area (Å²) in [5.74, 6) is 1.14. The maximum atomic E-state index is 13.2. The second-order valence-electron chi connectivity index (χ2n) is 9.19. The molecule has 7 nitrogen and oxygen atoms in total. The molecule has 5 rings (SSSR count). The van der Waals surface area contributed by atoms with Gasteiger partial charge in [0, 0.05) is 43.0 Å². The Morgan fingerprint density at radius 1 is 1.17 bits per heavy atom.